The Morgan fingerprint density at radius 1 is 0.746 bits per heavy atom. The molecule has 1 aliphatic rings. The molecule has 314 valence electrons. The lowest BCUT2D eigenvalue weighted by Crippen LogP contribution is -2.51. The molecule has 0 saturated carbocycles. The normalized spacial score (nSPS) is 13.8. The minimum atomic E-state index is -4.48. The number of nitrogens with zero attached hydrogens (tertiary/aromatic N) is 6. The zero-order valence-electron chi connectivity index (χ0n) is 34.3. The van der Waals surface area contributed by atoms with E-state index in [1.54, 1.807) is 23.8 Å². The Morgan fingerprint density at radius 3 is 1.95 bits per heavy atom. The number of halogens is 3. The van der Waals surface area contributed by atoms with Crippen molar-refractivity contribution in [3.05, 3.63) is 137 Å². The molecule has 13 heteroatoms. The third kappa shape index (κ3) is 12.9. The summed E-state index contributed by atoms with van der Waals surface area (Å²) in [6, 6.07) is 29.1. The molecule has 1 saturated heterocycles. The number of amides is 3. The first-order valence-electron chi connectivity index (χ1n) is 19.9. The van der Waals surface area contributed by atoms with Crippen molar-refractivity contribution in [3.8, 4) is 0 Å². The predicted octanol–water partition coefficient (Wildman–Crippen LogP) is 6.05. The van der Waals surface area contributed by atoms with Gasteiger partial charge >= 0.3 is 6.18 Å². The monoisotopic (exact) mass is 812 g/mol. The lowest BCUT2D eigenvalue weighted by Gasteiger charge is -2.36. The molecule has 0 spiro atoms. The third-order valence-electron chi connectivity index (χ3n) is 10.7. The minimum absolute atomic E-state index is 0.0553. The Labute approximate surface area is 345 Å². The Bertz CT molecular complexity index is 1980. The number of hydrogen-bond acceptors (Lipinski definition) is 7. The van der Waals surface area contributed by atoms with E-state index in [-0.39, 0.29) is 31.4 Å². The van der Waals surface area contributed by atoms with Crippen LogP contribution in [0.3, 0.4) is 0 Å². The second kappa shape index (κ2) is 20.9. The Hall–Kier alpha value is -5.66. The van der Waals surface area contributed by atoms with Crippen molar-refractivity contribution in [1.82, 2.24) is 19.6 Å². The van der Waals surface area contributed by atoms with Gasteiger partial charge < -0.3 is 34.5 Å². The smallest absolute Gasteiger partial charge is 0.395 e. The van der Waals surface area contributed by atoms with E-state index in [0.29, 0.717) is 57.9 Å². The number of hydrogen-bond donors (Lipinski definition) is 1. The van der Waals surface area contributed by atoms with Crippen molar-refractivity contribution in [2.75, 3.05) is 83.4 Å². The van der Waals surface area contributed by atoms with Gasteiger partial charge in [-0.05, 0) is 71.8 Å². The highest BCUT2D eigenvalue weighted by molar-refractivity contribution is 5.95. The molecule has 1 N–H and O–H groups in total. The van der Waals surface area contributed by atoms with Gasteiger partial charge in [0.1, 0.15) is 6.04 Å². The molecule has 3 amide bonds. The summed E-state index contributed by atoms with van der Waals surface area (Å²) in [7, 11) is 5.65. The van der Waals surface area contributed by atoms with Crippen LogP contribution in [0.5, 0.6) is 0 Å². The first-order chi connectivity index (χ1) is 28.2. The third-order valence-corrected chi connectivity index (χ3v) is 10.7. The fourth-order valence-corrected chi connectivity index (χ4v) is 7.06. The molecular formula is C46H55F3N6O4. The van der Waals surface area contributed by atoms with Crippen molar-refractivity contribution in [2.24, 2.45) is 0 Å². The number of alkyl halides is 3. The second-order valence-electron chi connectivity index (χ2n) is 15.1. The Balaban J connectivity index is 1.37. The van der Waals surface area contributed by atoms with E-state index >= 15 is 0 Å². The molecule has 1 fully saturated rings. The quantitative estimate of drug-likeness (QED) is 0.130. The van der Waals surface area contributed by atoms with Crippen molar-refractivity contribution in [2.45, 2.75) is 38.7 Å². The van der Waals surface area contributed by atoms with Gasteiger partial charge in [0.25, 0.3) is 0 Å². The molecule has 0 aliphatic carbocycles. The Kier molecular flexibility index (Phi) is 15.7. The summed E-state index contributed by atoms with van der Waals surface area (Å²) in [6.45, 7) is 6.57. The minimum Gasteiger partial charge on any atom is -0.395 e. The molecule has 1 aliphatic heterocycles. The van der Waals surface area contributed by atoms with Crippen molar-refractivity contribution < 1.29 is 32.7 Å². The molecule has 1 heterocycles. The topological polar surface area (TPSA) is 90.9 Å². The predicted molar refractivity (Wildman–Crippen MR) is 227 cm³/mol. The van der Waals surface area contributed by atoms with Crippen LogP contribution in [0.4, 0.5) is 24.5 Å². The average Bonchev–Trinajstić information content (AvgIpc) is 3.23. The number of aliphatic hydroxyl groups excluding tert-OH is 1. The summed E-state index contributed by atoms with van der Waals surface area (Å²) < 4.78 is 39.7. The van der Waals surface area contributed by atoms with Crippen molar-refractivity contribution in [1.29, 1.82) is 0 Å². The summed E-state index contributed by atoms with van der Waals surface area (Å²) in [5.41, 5.74) is 4.40. The number of rotatable bonds is 17. The summed E-state index contributed by atoms with van der Waals surface area (Å²) >= 11 is 0. The SMILES string of the molecule is CC(=O)N1CCN(c2ccc(CN(C(=O)C=Cc3ccc(C(F)(F)F)cc3)[C@@H](Cc3ccccc3)C(=O)N(C)CCN(C)Cc3ccc(N(C)CCO)cc3)cc2)CC1. The van der Waals surface area contributed by atoms with Gasteiger partial charge in [0.05, 0.1) is 12.2 Å². The van der Waals surface area contributed by atoms with E-state index in [4.69, 9.17) is 0 Å². The molecule has 0 radical (unpaired) electrons. The summed E-state index contributed by atoms with van der Waals surface area (Å²) in [6.07, 6.45) is -1.45. The molecule has 4 aromatic rings. The van der Waals surface area contributed by atoms with Crippen LogP contribution < -0.4 is 9.80 Å². The van der Waals surface area contributed by atoms with E-state index in [1.165, 1.54) is 24.3 Å². The van der Waals surface area contributed by atoms with Gasteiger partial charge in [-0.15, -0.1) is 0 Å². The van der Waals surface area contributed by atoms with Crippen molar-refractivity contribution in [3.63, 3.8) is 0 Å². The maximum Gasteiger partial charge on any atom is 0.416 e. The second-order valence-corrected chi connectivity index (χ2v) is 15.1. The summed E-state index contributed by atoms with van der Waals surface area (Å²) in [5.74, 6) is -0.642. The van der Waals surface area contributed by atoms with Gasteiger partial charge in [0, 0.05) is 104 Å². The zero-order valence-corrected chi connectivity index (χ0v) is 34.3. The van der Waals surface area contributed by atoms with E-state index < -0.39 is 23.7 Å². The molecule has 0 unspecified atom stereocenters. The van der Waals surface area contributed by atoms with Gasteiger partial charge in [-0.2, -0.15) is 13.2 Å². The van der Waals surface area contributed by atoms with Gasteiger partial charge in [0.2, 0.25) is 17.7 Å². The van der Waals surface area contributed by atoms with Crippen LogP contribution in [-0.4, -0.2) is 122 Å². The van der Waals surface area contributed by atoms with E-state index in [9.17, 15) is 32.7 Å². The molecule has 5 rings (SSSR count). The van der Waals surface area contributed by atoms with Crippen LogP contribution in [-0.2, 0) is 40.1 Å². The number of carbonyl (C=O) groups is 3. The fourth-order valence-electron chi connectivity index (χ4n) is 7.06. The fraction of sp³-hybridized carbons (Fsp3) is 0.370. The van der Waals surface area contributed by atoms with E-state index in [0.717, 1.165) is 40.2 Å². The zero-order chi connectivity index (χ0) is 42.5. The molecule has 10 nitrogen and oxygen atoms in total. The van der Waals surface area contributed by atoms with Crippen LogP contribution in [0.2, 0.25) is 0 Å². The maximum absolute atomic E-state index is 14.6. The number of carbonyl (C=O) groups excluding carboxylic acids is 3. The van der Waals surface area contributed by atoms with Gasteiger partial charge in [-0.1, -0.05) is 66.7 Å². The van der Waals surface area contributed by atoms with Crippen LogP contribution in [0.15, 0.2) is 109 Å². The lowest BCUT2D eigenvalue weighted by atomic mass is 10.0. The number of piperazine rings is 1. The largest absolute Gasteiger partial charge is 0.416 e. The molecule has 0 aromatic heterocycles. The van der Waals surface area contributed by atoms with Crippen molar-refractivity contribution >= 4 is 35.2 Å². The number of aliphatic hydroxyl groups is 1. The summed E-state index contributed by atoms with van der Waals surface area (Å²) in [5, 5.41) is 9.27. The molecular weight excluding hydrogens is 758 g/mol. The summed E-state index contributed by atoms with van der Waals surface area (Å²) in [4.78, 5) is 52.1. The van der Waals surface area contributed by atoms with Crippen LogP contribution in [0.1, 0.15) is 34.7 Å². The Morgan fingerprint density at radius 2 is 1.36 bits per heavy atom. The highest BCUT2D eigenvalue weighted by atomic mass is 19.4. The number of anilines is 2. The van der Waals surface area contributed by atoms with Gasteiger partial charge in [-0.25, -0.2) is 0 Å². The van der Waals surface area contributed by atoms with Gasteiger partial charge in [-0.3, -0.25) is 14.4 Å². The lowest BCUT2D eigenvalue weighted by molar-refractivity contribution is -0.143. The van der Waals surface area contributed by atoms with Crippen LogP contribution in [0, 0.1) is 0 Å². The maximum atomic E-state index is 14.6. The van der Waals surface area contributed by atoms with E-state index in [1.807, 2.05) is 103 Å². The first kappa shape index (κ1) is 44.4. The van der Waals surface area contributed by atoms with Gasteiger partial charge in [0.15, 0.2) is 0 Å². The number of benzene rings is 4. The highest BCUT2D eigenvalue weighted by Crippen LogP contribution is 2.29. The number of likely N-dealkylation sites (N-methyl/N-ethyl adjacent to an activating group) is 3. The first-order valence-corrected chi connectivity index (χ1v) is 19.9. The molecule has 0 bridgehead atoms. The molecule has 59 heavy (non-hydrogen) atoms. The van der Waals surface area contributed by atoms with Crippen LogP contribution >= 0.6 is 0 Å². The molecule has 4 aromatic carbocycles. The van der Waals surface area contributed by atoms with Crippen LogP contribution in [0.25, 0.3) is 6.08 Å². The molecule has 1 atom stereocenters. The standard InChI is InChI=1S/C46H55F3N6O4/c1-35(57)53-26-28-54(29-27-53)42-21-14-39(15-22-42)34-55(44(58)23-16-36-10-17-40(18-11-36)46(47,48)49)43(32-37-8-6-5-7-9-37)45(59)52(4)25-24-50(2)33-38-12-19-41(20-13-38)51(3)30-31-56/h5-23,43,56H,24-34H2,1-4H3/t43-/m0/s1. The van der Waals surface area contributed by atoms with E-state index in [2.05, 4.69) is 9.80 Å². The average molecular weight is 813 g/mol. The highest BCUT2D eigenvalue weighted by Gasteiger charge is 2.32.